The van der Waals surface area contributed by atoms with Crippen LogP contribution in [-0.4, -0.2) is 6.10 Å². The highest BCUT2D eigenvalue weighted by molar-refractivity contribution is 4.69. The van der Waals surface area contributed by atoms with E-state index in [-0.39, 0.29) is 6.10 Å². The third-order valence-electron chi connectivity index (χ3n) is 2.87. The molecule has 0 saturated heterocycles. The Kier molecular flexibility index (Phi) is 9.54. The Morgan fingerprint density at radius 3 is 2.13 bits per heavy atom. The normalized spacial score (nSPS) is 14.6. The molecule has 3 nitrogen and oxygen atoms in total. The predicted octanol–water partition coefficient (Wildman–Crippen LogP) is 4.46. The molecule has 0 rings (SSSR count). The summed E-state index contributed by atoms with van der Waals surface area (Å²) in [7, 11) is 0. The largest absolute Gasteiger partial charge is 0.360 e. The van der Waals surface area contributed by atoms with Crippen molar-refractivity contribution in [3.63, 3.8) is 0 Å². The van der Waals surface area contributed by atoms with Gasteiger partial charge in [-0.3, -0.25) is 0 Å². The molecule has 90 valence electrons. The van der Waals surface area contributed by atoms with Gasteiger partial charge in [-0.25, -0.2) is 0 Å². The maximum Gasteiger partial charge on any atom is 0.155 e. The zero-order valence-electron chi connectivity index (χ0n) is 10.4. The van der Waals surface area contributed by atoms with E-state index in [0.717, 1.165) is 32.1 Å². The van der Waals surface area contributed by atoms with Gasteiger partial charge >= 0.3 is 0 Å². The highest BCUT2D eigenvalue weighted by atomic mass is 16.7. The van der Waals surface area contributed by atoms with Gasteiger partial charge in [-0.05, 0) is 25.2 Å². The molecule has 0 heterocycles. The molecule has 0 aliphatic carbocycles. The summed E-state index contributed by atoms with van der Waals surface area (Å²) in [6.45, 7) is 6.48. The van der Waals surface area contributed by atoms with Gasteiger partial charge in [0.25, 0.3) is 0 Å². The minimum atomic E-state index is 0.0407. The van der Waals surface area contributed by atoms with Crippen molar-refractivity contribution in [1.29, 1.82) is 0 Å². The Hall–Kier alpha value is -0.600. The average molecular weight is 215 g/mol. The number of rotatable bonds is 10. The Balaban J connectivity index is 4.15. The Bertz CT molecular complexity index is 151. The number of hydrogen-bond donors (Lipinski definition) is 0. The second-order valence-electron chi connectivity index (χ2n) is 4.20. The standard InChI is InChI=1S/C12H25NO2/c1-4-7-10-11(8-5-2)12(9-6-3)15-13-14/h11-12H,4-10H2,1-3H3. The van der Waals surface area contributed by atoms with Crippen molar-refractivity contribution in [2.24, 2.45) is 11.3 Å². The minimum Gasteiger partial charge on any atom is -0.360 e. The number of nitrogens with zero attached hydrogens (tertiary/aromatic N) is 1. The molecule has 0 spiro atoms. The third-order valence-corrected chi connectivity index (χ3v) is 2.87. The smallest absolute Gasteiger partial charge is 0.155 e. The zero-order chi connectivity index (χ0) is 11.5. The average Bonchev–Trinajstić information content (AvgIpc) is 2.24. The van der Waals surface area contributed by atoms with E-state index >= 15 is 0 Å². The van der Waals surface area contributed by atoms with Gasteiger partial charge in [-0.1, -0.05) is 46.5 Å². The fourth-order valence-electron chi connectivity index (χ4n) is 2.07. The molecule has 0 bridgehead atoms. The summed E-state index contributed by atoms with van der Waals surface area (Å²) < 4.78 is 0. The van der Waals surface area contributed by atoms with Gasteiger partial charge < -0.3 is 4.84 Å². The molecule has 0 amide bonds. The summed E-state index contributed by atoms with van der Waals surface area (Å²) in [5.41, 5.74) is 0. The van der Waals surface area contributed by atoms with Crippen LogP contribution in [0.4, 0.5) is 0 Å². The van der Waals surface area contributed by atoms with Gasteiger partial charge in [0.15, 0.2) is 5.34 Å². The van der Waals surface area contributed by atoms with E-state index in [2.05, 4.69) is 26.1 Å². The lowest BCUT2D eigenvalue weighted by atomic mass is 9.89. The lowest BCUT2D eigenvalue weighted by molar-refractivity contribution is 0.000370. The van der Waals surface area contributed by atoms with Crippen molar-refractivity contribution < 1.29 is 4.84 Å². The van der Waals surface area contributed by atoms with Gasteiger partial charge in [0.2, 0.25) is 0 Å². The molecule has 0 aliphatic heterocycles. The van der Waals surface area contributed by atoms with Gasteiger partial charge in [-0.2, -0.15) is 0 Å². The molecule has 2 unspecified atom stereocenters. The third kappa shape index (κ3) is 6.47. The quantitative estimate of drug-likeness (QED) is 0.398. The Morgan fingerprint density at radius 1 is 1.00 bits per heavy atom. The van der Waals surface area contributed by atoms with Gasteiger partial charge in [0.05, 0.1) is 0 Å². The highest BCUT2D eigenvalue weighted by Gasteiger charge is 2.21. The van der Waals surface area contributed by atoms with Crippen molar-refractivity contribution in [3.05, 3.63) is 4.91 Å². The van der Waals surface area contributed by atoms with Crippen molar-refractivity contribution >= 4 is 0 Å². The van der Waals surface area contributed by atoms with E-state index in [1.165, 1.54) is 12.8 Å². The monoisotopic (exact) mass is 215 g/mol. The maximum atomic E-state index is 10.2. The first-order chi connectivity index (χ1) is 7.29. The second kappa shape index (κ2) is 9.94. The molecule has 0 aliphatic rings. The van der Waals surface area contributed by atoms with E-state index in [1.807, 2.05) is 0 Å². The van der Waals surface area contributed by atoms with Crippen LogP contribution in [0.3, 0.4) is 0 Å². The van der Waals surface area contributed by atoms with Crippen LogP contribution in [0.2, 0.25) is 0 Å². The van der Waals surface area contributed by atoms with Gasteiger partial charge in [0.1, 0.15) is 6.10 Å². The van der Waals surface area contributed by atoms with E-state index < -0.39 is 0 Å². The molecule has 0 aromatic carbocycles. The Labute approximate surface area is 93.5 Å². The topological polar surface area (TPSA) is 38.7 Å². The maximum absolute atomic E-state index is 10.2. The summed E-state index contributed by atoms with van der Waals surface area (Å²) in [4.78, 5) is 15.2. The van der Waals surface area contributed by atoms with Crippen LogP contribution in [0.15, 0.2) is 5.34 Å². The molecule has 0 N–H and O–H groups in total. The molecule has 3 heteroatoms. The highest BCUT2D eigenvalue weighted by Crippen LogP contribution is 2.24. The summed E-state index contributed by atoms with van der Waals surface area (Å²) in [6, 6.07) is 0. The number of hydrogen-bond acceptors (Lipinski definition) is 3. The van der Waals surface area contributed by atoms with E-state index in [4.69, 9.17) is 4.84 Å². The van der Waals surface area contributed by atoms with E-state index in [9.17, 15) is 4.91 Å². The molecule has 0 aromatic rings. The van der Waals surface area contributed by atoms with Gasteiger partial charge in [0, 0.05) is 0 Å². The zero-order valence-corrected chi connectivity index (χ0v) is 10.4. The second-order valence-corrected chi connectivity index (χ2v) is 4.20. The van der Waals surface area contributed by atoms with Crippen molar-refractivity contribution in [2.75, 3.05) is 0 Å². The molecular formula is C12H25NO2. The fraction of sp³-hybridized carbons (Fsp3) is 1.00. The van der Waals surface area contributed by atoms with Crippen LogP contribution >= 0.6 is 0 Å². The first-order valence-corrected chi connectivity index (χ1v) is 6.28. The first kappa shape index (κ1) is 14.4. The summed E-state index contributed by atoms with van der Waals surface area (Å²) in [5, 5.41) is 2.62. The van der Waals surface area contributed by atoms with Crippen LogP contribution in [-0.2, 0) is 4.84 Å². The Morgan fingerprint density at radius 2 is 1.67 bits per heavy atom. The van der Waals surface area contributed by atoms with Crippen molar-refractivity contribution in [2.45, 2.75) is 71.8 Å². The SMILES string of the molecule is CCCCC(CCC)C(CCC)ON=O. The lowest BCUT2D eigenvalue weighted by Gasteiger charge is -2.23. The van der Waals surface area contributed by atoms with Crippen LogP contribution in [0.5, 0.6) is 0 Å². The van der Waals surface area contributed by atoms with Crippen LogP contribution in [0.25, 0.3) is 0 Å². The van der Waals surface area contributed by atoms with Crippen LogP contribution in [0, 0.1) is 10.8 Å². The van der Waals surface area contributed by atoms with Gasteiger partial charge in [-0.15, -0.1) is 4.91 Å². The molecule has 0 radical (unpaired) electrons. The molecular weight excluding hydrogens is 190 g/mol. The minimum absolute atomic E-state index is 0.0407. The predicted molar refractivity (Wildman–Crippen MR) is 63.5 cm³/mol. The lowest BCUT2D eigenvalue weighted by Crippen LogP contribution is -2.22. The summed E-state index contributed by atoms with van der Waals surface area (Å²) in [5.74, 6) is 0.507. The number of unbranched alkanes of at least 4 members (excludes halogenated alkanes) is 1. The molecule has 0 aromatic heterocycles. The van der Waals surface area contributed by atoms with E-state index in [0.29, 0.717) is 5.92 Å². The first-order valence-electron chi connectivity index (χ1n) is 6.28. The van der Waals surface area contributed by atoms with E-state index in [1.54, 1.807) is 0 Å². The molecule has 0 fully saturated rings. The molecule has 2 atom stereocenters. The van der Waals surface area contributed by atoms with Crippen molar-refractivity contribution in [1.82, 2.24) is 0 Å². The van der Waals surface area contributed by atoms with Crippen LogP contribution < -0.4 is 0 Å². The summed E-state index contributed by atoms with van der Waals surface area (Å²) >= 11 is 0. The fourth-order valence-corrected chi connectivity index (χ4v) is 2.07. The summed E-state index contributed by atoms with van der Waals surface area (Å²) in [6.07, 6.45) is 7.90. The van der Waals surface area contributed by atoms with Crippen molar-refractivity contribution in [3.8, 4) is 0 Å². The molecule has 0 saturated carbocycles. The molecule has 15 heavy (non-hydrogen) atoms. The van der Waals surface area contributed by atoms with Crippen LogP contribution in [0.1, 0.15) is 65.7 Å².